The average Bonchev–Trinajstić information content (AvgIpc) is 3.91. The highest BCUT2D eigenvalue weighted by molar-refractivity contribution is 5.75. The Morgan fingerprint density at radius 3 is 2.04 bits per heavy atom. The highest BCUT2D eigenvalue weighted by Gasteiger charge is 2.86. The topological polar surface area (TPSA) is 82.1 Å². The second-order valence-electron chi connectivity index (χ2n) is 18.2. The predicted octanol–water partition coefficient (Wildman–Crippen LogP) is 7.60. The third-order valence-electron chi connectivity index (χ3n) is 15.8. The first kappa shape index (κ1) is 36.3. The van der Waals surface area contributed by atoms with Crippen molar-refractivity contribution in [3.8, 4) is 25.7 Å². The Labute approximate surface area is 285 Å². The van der Waals surface area contributed by atoms with Crippen LogP contribution in [0.5, 0.6) is 0 Å². The summed E-state index contributed by atoms with van der Waals surface area (Å²) in [5.41, 5.74) is -0.0553. The lowest BCUT2D eigenvalue weighted by molar-refractivity contribution is -0.209. The number of ether oxygens (including phenoxy) is 3. The minimum absolute atomic E-state index is 0.00448. The van der Waals surface area contributed by atoms with E-state index in [1.807, 2.05) is 0 Å². The molecule has 1 heterocycles. The first-order valence-corrected chi connectivity index (χ1v) is 18.4. The maximum absolute atomic E-state index is 12.8. The minimum Gasteiger partial charge on any atom is -0.462 e. The van der Waals surface area contributed by atoms with Crippen molar-refractivity contribution in [2.75, 3.05) is 0 Å². The molecule has 6 heteroatoms. The largest absolute Gasteiger partial charge is 0.462 e. The Morgan fingerprint density at radius 1 is 0.872 bits per heavy atom. The second-order valence-corrected chi connectivity index (χ2v) is 18.2. The highest BCUT2D eigenvalue weighted by atomic mass is 16.6. The van der Waals surface area contributed by atoms with E-state index in [1.165, 1.54) is 39.0 Å². The summed E-state index contributed by atoms with van der Waals surface area (Å²) in [5, 5.41) is 11.0. The van der Waals surface area contributed by atoms with E-state index in [4.69, 9.17) is 14.2 Å². The molecule has 6 nitrogen and oxygen atoms in total. The summed E-state index contributed by atoms with van der Waals surface area (Å²) < 4.78 is 19.0. The number of terminal acetylenes is 2. The zero-order chi connectivity index (χ0) is 35.1. The molecule has 0 radical (unpaired) electrons. The van der Waals surface area contributed by atoms with Gasteiger partial charge in [-0.05, 0) is 129 Å². The van der Waals surface area contributed by atoms with Gasteiger partial charge in [0, 0.05) is 12.3 Å². The Hall–Kier alpha value is -2.02. The van der Waals surface area contributed by atoms with Gasteiger partial charge >= 0.3 is 11.9 Å². The molecule has 0 amide bonds. The molecule has 7 aliphatic rings. The van der Waals surface area contributed by atoms with Crippen LogP contribution >= 0.6 is 0 Å². The molecule has 13 atom stereocenters. The van der Waals surface area contributed by atoms with Crippen LogP contribution in [-0.4, -0.2) is 47.1 Å². The summed E-state index contributed by atoms with van der Waals surface area (Å²) in [6.45, 7) is 19.9. The van der Waals surface area contributed by atoms with Crippen LogP contribution in [-0.2, 0) is 23.8 Å². The molecule has 1 saturated heterocycles. The average molecular weight is 651 g/mol. The lowest BCUT2D eigenvalue weighted by Gasteiger charge is -2.63. The molecule has 0 bridgehead atoms. The standard InChI is InChI=1S/C37H58O6.2C2H2/c1-20-18-24(30(33(6,7)40)41-22(3)38)42-25-19-35(9)27-13-12-26-32(4,5)28(43-31(39)23-10-11-23)14-15-36(26)21(2)37(27,36)17-16-34(35,8)29(20)25;2*1-2/h20-21,23-30,40H,10-19H2,1-9H3;2*1-2H/t20-,21-,24-,25-,26?,27+,28+,29?,30+,34-,35+,36?,37+;;/m1../s1. The van der Waals surface area contributed by atoms with Gasteiger partial charge in [0.1, 0.15) is 6.10 Å². The zero-order valence-electron chi connectivity index (χ0n) is 30.6. The molecule has 6 saturated carbocycles. The molecular formula is C41H62O6. The number of carbonyl (C=O) groups excluding carboxylic acids is 2. The number of fused-ring (bicyclic) bond motifs is 4. The fourth-order valence-corrected chi connectivity index (χ4v) is 13.9. The summed E-state index contributed by atoms with van der Waals surface area (Å²) in [6, 6.07) is 0. The zero-order valence-corrected chi connectivity index (χ0v) is 30.6. The van der Waals surface area contributed by atoms with Crippen molar-refractivity contribution in [3.05, 3.63) is 0 Å². The van der Waals surface area contributed by atoms with Crippen molar-refractivity contribution in [1.29, 1.82) is 0 Å². The number of esters is 2. The van der Waals surface area contributed by atoms with Gasteiger partial charge in [-0.15, -0.1) is 25.7 Å². The third kappa shape index (κ3) is 4.88. The third-order valence-corrected chi connectivity index (χ3v) is 15.8. The lowest BCUT2D eigenvalue weighted by atomic mass is 9.41. The van der Waals surface area contributed by atoms with E-state index in [-0.39, 0.29) is 52.4 Å². The fraction of sp³-hybridized carbons (Fsp3) is 0.854. The van der Waals surface area contributed by atoms with Gasteiger partial charge in [0.2, 0.25) is 0 Å². The normalized spacial score (nSPS) is 47.6. The fourth-order valence-electron chi connectivity index (χ4n) is 13.9. The van der Waals surface area contributed by atoms with E-state index >= 15 is 0 Å². The van der Waals surface area contributed by atoms with Crippen molar-refractivity contribution in [2.45, 2.75) is 157 Å². The van der Waals surface area contributed by atoms with E-state index in [0.29, 0.717) is 40.4 Å². The molecule has 0 aromatic rings. The Morgan fingerprint density at radius 2 is 1.47 bits per heavy atom. The van der Waals surface area contributed by atoms with E-state index in [0.717, 1.165) is 32.1 Å². The SMILES string of the molecule is C#C.C#C.CC(=O)O[C@@H]([C@H]1C[C@@H](C)C2[C@@H](C[C@@]3(C)[C@@H]4CCC5C(C)(C)[C@@H](OC(=O)C6CC6)CCC56[C@@H](C)[C@@]46CC[C@]23C)O1)C(C)(C)O. The number of hydrogen-bond donors (Lipinski definition) is 1. The summed E-state index contributed by atoms with van der Waals surface area (Å²) in [5.74, 6) is 2.74. The second kappa shape index (κ2) is 11.8. The molecule has 0 aromatic heterocycles. The molecule has 262 valence electrons. The number of aliphatic hydroxyl groups is 1. The Balaban J connectivity index is 0.00000105. The van der Waals surface area contributed by atoms with Crippen LogP contribution in [0.1, 0.15) is 127 Å². The summed E-state index contributed by atoms with van der Waals surface area (Å²) in [6.07, 6.45) is 26.3. The number of carbonyl (C=O) groups is 2. The number of hydrogen-bond acceptors (Lipinski definition) is 6. The van der Waals surface area contributed by atoms with Crippen LogP contribution in [0.4, 0.5) is 0 Å². The number of rotatable bonds is 5. The maximum Gasteiger partial charge on any atom is 0.309 e. The maximum atomic E-state index is 12.8. The lowest BCUT2D eigenvalue weighted by Crippen LogP contribution is -2.58. The highest BCUT2D eigenvalue weighted by Crippen LogP contribution is 2.91. The molecule has 7 fully saturated rings. The van der Waals surface area contributed by atoms with E-state index in [2.05, 4.69) is 67.2 Å². The molecule has 2 spiro atoms. The van der Waals surface area contributed by atoms with Crippen molar-refractivity contribution in [3.63, 3.8) is 0 Å². The van der Waals surface area contributed by atoms with Gasteiger partial charge in [0.15, 0.2) is 6.10 Å². The quantitative estimate of drug-likeness (QED) is 0.244. The van der Waals surface area contributed by atoms with Crippen LogP contribution in [0.2, 0.25) is 0 Å². The van der Waals surface area contributed by atoms with Crippen molar-refractivity contribution < 1.29 is 28.9 Å². The van der Waals surface area contributed by atoms with Gasteiger partial charge in [-0.1, -0.05) is 41.5 Å². The van der Waals surface area contributed by atoms with Crippen LogP contribution in [0, 0.1) is 88.3 Å². The molecular weight excluding hydrogens is 588 g/mol. The predicted molar refractivity (Wildman–Crippen MR) is 183 cm³/mol. The van der Waals surface area contributed by atoms with Crippen molar-refractivity contribution in [2.24, 2.45) is 62.6 Å². The van der Waals surface area contributed by atoms with E-state index in [9.17, 15) is 14.7 Å². The van der Waals surface area contributed by atoms with Gasteiger partial charge in [-0.25, -0.2) is 0 Å². The van der Waals surface area contributed by atoms with Crippen molar-refractivity contribution >= 4 is 11.9 Å². The summed E-state index contributed by atoms with van der Waals surface area (Å²) in [4.78, 5) is 24.8. The summed E-state index contributed by atoms with van der Waals surface area (Å²) >= 11 is 0. The Bertz CT molecular complexity index is 1270. The molecule has 1 aliphatic heterocycles. The molecule has 47 heavy (non-hydrogen) atoms. The van der Waals surface area contributed by atoms with Gasteiger partial charge in [0.25, 0.3) is 0 Å². The minimum atomic E-state index is -1.17. The molecule has 1 N–H and O–H groups in total. The first-order valence-electron chi connectivity index (χ1n) is 18.4. The molecule has 0 aromatic carbocycles. The summed E-state index contributed by atoms with van der Waals surface area (Å²) in [7, 11) is 0. The van der Waals surface area contributed by atoms with Crippen LogP contribution < -0.4 is 0 Å². The monoisotopic (exact) mass is 650 g/mol. The van der Waals surface area contributed by atoms with Gasteiger partial charge in [-0.2, -0.15) is 0 Å². The molecule has 6 aliphatic carbocycles. The smallest absolute Gasteiger partial charge is 0.309 e. The van der Waals surface area contributed by atoms with E-state index < -0.39 is 11.7 Å². The first-order chi connectivity index (χ1) is 21.9. The van der Waals surface area contributed by atoms with E-state index in [1.54, 1.807) is 13.8 Å². The van der Waals surface area contributed by atoms with Crippen LogP contribution in [0.25, 0.3) is 0 Å². The van der Waals surface area contributed by atoms with Crippen molar-refractivity contribution in [1.82, 2.24) is 0 Å². The Kier molecular flexibility index (Phi) is 9.10. The van der Waals surface area contributed by atoms with Gasteiger partial charge in [0.05, 0.1) is 23.7 Å². The van der Waals surface area contributed by atoms with Gasteiger partial charge < -0.3 is 19.3 Å². The van der Waals surface area contributed by atoms with Crippen LogP contribution in [0.15, 0.2) is 0 Å². The van der Waals surface area contributed by atoms with Gasteiger partial charge in [-0.3, -0.25) is 9.59 Å². The van der Waals surface area contributed by atoms with Crippen LogP contribution in [0.3, 0.4) is 0 Å². The molecule has 7 rings (SSSR count). The molecule has 3 unspecified atom stereocenters.